The molecule has 0 unspecified atom stereocenters. The number of carbonyl (C=O) groups is 1. The molecule has 0 N–H and O–H groups in total. The zero-order valence-corrected chi connectivity index (χ0v) is 11.9. The van der Waals surface area contributed by atoms with Gasteiger partial charge in [-0.25, -0.2) is 9.78 Å². The van der Waals surface area contributed by atoms with E-state index in [1.165, 1.54) is 13.2 Å². The van der Waals surface area contributed by atoms with E-state index >= 15 is 0 Å². The van der Waals surface area contributed by atoms with Gasteiger partial charge in [-0.1, -0.05) is 23.2 Å². The van der Waals surface area contributed by atoms with Crippen LogP contribution in [0.5, 0.6) is 5.75 Å². The van der Waals surface area contributed by atoms with Crippen LogP contribution in [-0.2, 0) is 4.74 Å². The van der Waals surface area contributed by atoms with Crippen molar-refractivity contribution >= 4 is 40.1 Å². The van der Waals surface area contributed by atoms with E-state index in [1.807, 2.05) is 6.92 Å². The fourth-order valence-electron chi connectivity index (χ4n) is 1.71. The third kappa shape index (κ3) is 2.60. The number of aromatic nitrogens is 1. The summed E-state index contributed by atoms with van der Waals surface area (Å²) >= 11 is 12.2. The fraction of sp³-hybridized carbons (Fsp3) is 0.231. The number of ether oxygens (including phenoxy) is 2. The summed E-state index contributed by atoms with van der Waals surface area (Å²) < 4.78 is 10.2. The Morgan fingerprint density at radius 1 is 1.32 bits per heavy atom. The summed E-state index contributed by atoms with van der Waals surface area (Å²) in [6.45, 7) is 2.27. The van der Waals surface area contributed by atoms with E-state index in [0.717, 1.165) is 0 Å². The monoisotopic (exact) mass is 299 g/mol. The predicted octanol–water partition coefficient (Wildman–Crippen LogP) is 3.73. The zero-order chi connectivity index (χ0) is 14.0. The molecule has 0 saturated carbocycles. The summed E-state index contributed by atoms with van der Waals surface area (Å²) in [5.74, 6) is -0.0979. The number of hydrogen-bond donors (Lipinski definition) is 0. The summed E-state index contributed by atoms with van der Waals surface area (Å²) in [6.07, 6.45) is 0. The summed E-state index contributed by atoms with van der Waals surface area (Å²) in [7, 11) is 1.29. The lowest BCUT2D eigenvalue weighted by molar-refractivity contribution is 0.0594. The van der Waals surface area contributed by atoms with Gasteiger partial charge in [0, 0.05) is 6.07 Å². The van der Waals surface area contributed by atoms with Gasteiger partial charge in [-0.2, -0.15) is 0 Å². The highest BCUT2D eigenvalue weighted by molar-refractivity contribution is 6.40. The third-order valence-electron chi connectivity index (χ3n) is 2.52. The second-order valence-electron chi connectivity index (χ2n) is 3.68. The Hall–Kier alpha value is -1.52. The molecule has 0 aliphatic rings. The molecule has 0 saturated heterocycles. The summed E-state index contributed by atoms with van der Waals surface area (Å²) in [5, 5.41) is 1.45. The first-order valence-corrected chi connectivity index (χ1v) is 6.34. The van der Waals surface area contributed by atoms with Gasteiger partial charge >= 0.3 is 5.97 Å². The largest absolute Gasteiger partial charge is 0.493 e. The maximum Gasteiger partial charge on any atom is 0.356 e. The van der Waals surface area contributed by atoms with Crippen LogP contribution in [0.25, 0.3) is 10.9 Å². The molecular formula is C13H11Cl2NO3. The van der Waals surface area contributed by atoms with Gasteiger partial charge in [0.1, 0.15) is 5.75 Å². The maximum atomic E-state index is 11.6. The van der Waals surface area contributed by atoms with Crippen LogP contribution < -0.4 is 4.74 Å². The lowest BCUT2D eigenvalue weighted by atomic mass is 10.1. The smallest absolute Gasteiger partial charge is 0.356 e. The lowest BCUT2D eigenvalue weighted by Crippen LogP contribution is -2.06. The van der Waals surface area contributed by atoms with Crippen LogP contribution in [-0.4, -0.2) is 24.7 Å². The number of nitrogens with zero attached hydrogens (tertiary/aromatic N) is 1. The average Bonchev–Trinajstić information content (AvgIpc) is 2.42. The van der Waals surface area contributed by atoms with Crippen LogP contribution >= 0.6 is 23.2 Å². The van der Waals surface area contributed by atoms with Gasteiger partial charge in [0.2, 0.25) is 0 Å². The molecule has 0 amide bonds. The van der Waals surface area contributed by atoms with Crippen LogP contribution in [0.3, 0.4) is 0 Å². The van der Waals surface area contributed by atoms with E-state index in [9.17, 15) is 4.79 Å². The maximum absolute atomic E-state index is 11.6. The molecule has 0 bridgehead atoms. The Morgan fingerprint density at radius 3 is 2.63 bits per heavy atom. The predicted molar refractivity (Wildman–Crippen MR) is 74.3 cm³/mol. The molecule has 2 aromatic rings. The van der Waals surface area contributed by atoms with Crippen molar-refractivity contribution in [2.45, 2.75) is 6.92 Å². The van der Waals surface area contributed by atoms with Crippen molar-refractivity contribution in [3.8, 4) is 5.75 Å². The molecule has 0 aliphatic carbocycles. The van der Waals surface area contributed by atoms with Crippen LogP contribution in [0.15, 0.2) is 18.2 Å². The summed E-state index contributed by atoms with van der Waals surface area (Å²) in [5.41, 5.74) is 0.545. The van der Waals surface area contributed by atoms with Gasteiger partial charge in [0.25, 0.3) is 0 Å². The molecular weight excluding hydrogens is 289 g/mol. The number of halogens is 2. The SMILES string of the molecule is CCOc1cc(C(=O)OC)nc2c(Cl)ccc(Cl)c12. The van der Waals surface area contributed by atoms with Gasteiger partial charge in [0.15, 0.2) is 5.69 Å². The van der Waals surface area contributed by atoms with E-state index in [4.69, 9.17) is 27.9 Å². The second-order valence-corrected chi connectivity index (χ2v) is 4.50. The van der Waals surface area contributed by atoms with Crippen molar-refractivity contribution in [2.75, 3.05) is 13.7 Å². The number of hydrogen-bond acceptors (Lipinski definition) is 4. The number of carbonyl (C=O) groups excluding carboxylic acids is 1. The first kappa shape index (κ1) is 13.9. The van der Waals surface area contributed by atoms with Crippen molar-refractivity contribution in [2.24, 2.45) is 0 Å². The number of fused-ring (bicyclic) bond motifs is 1. The van der Waals surface area contributed by atoms with E-state index in [-0.39, 0.29) is 5.69 Å². The highest BCUT2D eigenvalue weighted by Gasteiger charge is 2.17. The molecule has 0 atom stereocenters. The average molecular weight is 300 g/mol. The minimum atomic E-state index is -0.557. The normalized spacial score (nSPS) is 10.5. The van der Waals surface area contributed by atoms with Gasteiger partial charge in [0.05, 0.1) is 34.7 Å². The number of rotatable bonds is 3. The molecule has 1 aromatic heterocycles. The Balaban J connectivity index is 2.79. The molecule has 4 nitrogen and oxygen atoms in total. The van der Waals surface area contributed by atoms with Gasteiger partial charge in [-0.05, 0) is 19.1 Å². The van der Waals surface area contributed by atoms with Crippen LogP contribution in [0, 0.1) is 0 Å². The van der Waals surface area contributed by atoms with E-state index in [2.05, 4.69) is 9.72 Å². The molecule has 2 rings (SSSR count). The summed E-state index contributed by atoms with van der Waals surface area (Å²) in [4.78, 5) is 15.8. The van der Waals surface area contributed by atoms with E-state index < -0.39 is 5.97 Å². The number of benzene rings is 1. The molecule has 0 spiro atoms. The summed E-state index contributed by atoms with van der Waals surface area (Å²) in [6, 6.07) is 4.78. The Kier molecular flexibility index (Phi) is 4.12. The molecule has 19 heavy (non-hydrogen) atoms. The van der Waals surface area contributed by atoms with Crippen LogP contribution in [0.2, 0.25) is 10.0 Å². The first-order chi connectivity index (χ1) is 9.08. The van der Waals surface area contributed by atoms with Crippen molar-refractivity contribution in [1.82, 2.24) is 4.98 Å². The first-order valence-electron chi connectivity index (χ1n) is 5.58. The van der Waals surface area contributed by atoms with Gasteiger partial charge in [-0.15, -0.1) is 0 Å². The Labute approximate surface area is 120 Å². The molecule has 0 radical (unpaired) electrons. The molecule has 1 heterocycles. The Morgan fingerprint density at radius 2 is 2.00 bits per heavy atom. The Bertz CT molecular complexity index is 643. The van der Waals surface area contributed by atoms with Crippen LogP contribution in [0.4, 0.5) is 0 Å². The van der Waals surface area contributed by atoms with E-state index in [1.54, 1.807) is 12.1 Å². The molecule has 6 heteroatoms. The van der Waals surface area contributed by atoms with E-state index in [0.29, 0.717) is 33.3 Å². The standard InChI is InChI=1S/C13H11Cl2NO3/c1-3-19-10-6-9(13(17)18-2)16-12-8(15)5-4-7(14)11(10)12/h4-6H,3H2,1-2H3. The molecule has 1 aromatic carbocycles. The molecule has 0 aliphatic heterocycles. The molecule has 100 valence electrons. The van der Waals surface area contributed by atoms with Crippen LogP contribution in [0.1, 0.15) is 17.4 Å². The van der Waals surface area contributed by atoms with Crippen molar-refractivity contribution < 1.29 is 14.3 Å². The zero-order valence-electron chi connectivity index (χ0n) is 10.4. The number of pyridine rings is 1. The number of methoxy groups -OCH3 is 1. The third-order valence-corrected chi connectivity index (χ3v) is 3.14. The quantitative estimate of drug-likeness (QED) is 0.810. The van der Waals surface area contributed by atoms with Crippen molar-refractivity contribution in [1.29, 1.82) is 0 Å². The topological polar surface area (TPSA) is 48.4 Å². The minimum Gasteiger partial charge on any atom is -0.493 e. The lowest BCUT2D eigenvalue weighted by Gasteiger charge is -2.11. The van der Waals surface area contributed by atoms with Gasteiger partial charge in [-0.3, -0.25) is 0 Å². The van der Waals surface area contributed by atoms with Crippen molar-refractivity contribution in [3.05, 3.63) is 33.9 Å². The van der Waals surface area contributed by atoms with Crippen molar-refractivity contribution in [3.63, 3.8) is 0 Å². The molecule has 0 fully saturated rings. The highest BCUT2D eigenvalue weighted by Crippen LogP contribution is 2.35. The van der Waals surface area contributed by atoms with Gasteiger partial charge < -0.3 is 9.47 Å². The highest BCUT2D eigenvalue weighted by atomic mass is 35.5. The fourth-order valence-corrected chi connectivity index (χ4v) is 2.16. The second kappa shape index (κ2) is 5.63. The minimum absolute atomic E-state index is 0.127. The number of esters is 1.